The number of furan rings is 1. The van der Waals surface area contributed by atoms with Crippen molar-refractivity contribution in [1.29, 1.82) is 0 Å². The van der Waals surface area contributed by atoms with Gasteiger partial charge in [-0.1, -0.05) is 50.2 Å². The number of carbonyl (C=O) groups excluding carboxylic acids is 1. The van der Waals surface area contributed by atoms with Crippen LogP contribution < -0.4 is 5.32 Å². The monoisotopic (exact) mass is 321 g/mol. The molecule has 1 heterocycles. The minimum Gasteiger partial charge on any atom is -0.461 e. The second kappa shape index (κ2) is 6.91. The summed E-state index contributed by atoms with van der Waals surface area (Å²) in [4.78, 5) is 12.9. The van der Waals surface area contributed by atoms with Crippen LogP contribution in [-0.4, -0.2) is 5.91 Å². The van der Waals surface area contributed by atoms with Gasteiger partial charge in [0.25, 0.3) is 5.91 Å². The standard InChI is InChI=1S/C21H23NO2/c1-14(2)12-19(16-8-5-4-6-9-16)22-21(23)17-10-7-11-20-18(17)13-15(3)24-20/h4-11,13-14,19H,12H2,1-3H3,(H,22,23). The smallest absolute Gasteiger partial charge is 0.252 e. The van der Waals surface area contributed by atoms with Crippen LogP contribution in [0.5, 0.6) is 0 Å². The molecule has 1 aromatic heterocycles. The van der Waals surface area contributed by atoms with Gasteiger partial charge in [0.2, 0.25) is 0 Å². The molecule has 0 bridgehead atoms. The van der Waals surface area contributed by atoms with Gasteiger partial charge in [-0.2, -0.15) is 0 Å². The highest BCUT2D eigenvalue weighted by molar-refractivity contribution is 6.06. The van der Waals surface area contributed by atoms with Crippen molar-refractivity contribution in [3.8, 4) is 0 Å². The summed E-state index contributed by atoms with van der Waals surface area (Å²) in [6, 6.07) is 17.7. The van der Waals surface area contributed by atoms with E-state index in [0.29, 0.717) is 11.5 Å². The lowest BCUT2D eigenvalue weighted by atomic mass is 9.96. The molecule has 1 amide bonds. The summed E-state index contributed by atoms with van der Waals surface area (Å²) in [6.45, 7) is 6.23. The van der Waals surface area contributed by atoms with E-state index in [1.165, 1.54) is 0 Å². The van der Waals surface area contributed by atoms with E-state index in [2.05, 4.69) is 31.3 Å². The van der Waals surface area contributed by atoms with Gasteiger partial charge in [0.15, 0.2) is 0 Å². The molecule has 1 unspecified atom stereocenters. The van der Waals surface area contributed by atoms with E-state index in [1.807, 2.05) is 49.4 Å². The number of aryl methyl sites for hydroxylation is 1. The van der Waals surface area contributed by atoms with Gasteiger partial charge in [-0.15, -0.1) is 0 Å². The lowest BCUT2D eigenvalue weighted by Crippen LogP contribution is -2.29. The van der Waals surface area contributed by atoms with Gasteiger partial charge in [-0.05, 0) is 43.0 Å². The maximum absolute atomic E-state index is 12.9. The summed E-state index contributed by atoms with van der Waals surface area (Å²) < 4.78 is 5.63. The third-order valence-corrected chi connectivity index (χ3v) is 4.14. The van der Waals surface area contributed by atoms with Crippen molar-refractivity contribution in [3.63, 3.8) is 0 Å². The van der Waals surface area contributed by atoms with Crippen molar-refractivity contribution in [2.45, 2.75) is 33.2 Å². The molecule has 1 atom stereocenters. The summed E-state index contributed by atoms with van der Waals surface area (Å²) in [5, 5.41) is 4.07. The number of nitrogens with one attached hydrogen (secondary N) is 1. The largest absolute Gasteiger partial charge is 0.461 e. The first-order chi connectivity index (χ1) is 11.5. The van der Waals surface area contributed by atoms with Crippen LogP contribution in [-0.2, 0) is 0 Å². The maximum atomic E-state index is 12.9. The van der Waals surface area contributed by atoms with E-state index in [0.717, 1.165) is 28.7 Å². The zero-order valence-corrected chi connectivity index (χ0v) is 14.4. The summed E-state index contributed by atoms with van der Waals surface area (Å²) in [7, 11) is 0. The summed E-state index contributed by atoms with van der Waals surface area (Å²) >= 11 is 0. The van der Waals surface area contributed by atoms with Gasteiger partial charge in [0.05, 0.1) is 11.6 Å². The fourth-order valence-corrected chi connectivity index (χ4v) is 3.06. The number of hydrogen-bond donors (Lipinski definition) is 1. The van der Waals surface area contributed by atoms with Gasteiger partial charge in [-0.3, -0.25) is 4.79 Å². The molecule has 124 valence electrons. The highest BCUT2D eigenvalue weighted by Gasteiger charge is 2.19. The first-order valence-corrected chi connectivity index (χ1v) is 8.39. The topological polar surface area (TPSA) is 42.2 Å². The highest BCUT2D eigenvalue weighted by atomic mass is 16.3. The molecule has 0 spiro atoms. The van der Waals surface area contributed by atoms with Crippen molar-refractivity contribution in [2.75, 3.05) is 0 Å². The molecule has 1 N–H and O–H groups in total. The molecule has 0 aliphatic carbocycles. The highest BCUT2D eigenvalue weighted by Crippen LogP contribution is 2.25. The van der Waals surface area contributed by atoms with Crippen molar-refractivity contribution >= 4 is 16.9 Å². The van der Waals surface area contributed by atoms with Crippen LogP contribution in [0.4, 0.5) is 0 Å². The van der Waals surface area contributed by atoms with Gasteiger partial charge in [0, 0.05) is 5.39 Å². The summed E-state index contributed by atoms with van der Waals surface area (Å²) in [5.41, 5.74) is 2.55. The average Bonchev–Trinajstić information content (AvgIpc) is 2.94. The first-order valence-electron chi connectivity index (χ1n) is 8.39. The van der Waals surface area contributed by atoms with E-state index < -0.39 is 0 Å². The Morgan fingerprint density at radius 1 is 1.08 bits per heavy atom. The first kappa shape index (κ1) is 16.3. The van der Waals surface area contributed by atoms with Crippen molar-refractivity contribution in [3.05, 3.63) is 71.5 Å². The molecule has 0 radical (unpaired) electrons. The summed E-state index contributed by atoms with van der Waals surface area (Å²) in [5.74, 6) is 1.24. The van der Waals surface area contributed by atoms with Crippen molar-refractivity contribution in [1.82, 2.24) is 5.32 Å². The molecule has 3 nitrogen and oxygen atoms in total. The van der Waals surface area contributed by atoms with Gasteiger partial charge in [0.1, 0.15) is 11.3 Å². The molecule has 0 aliphatic rings. The Labute approximate surface area is 142 Å². The predicted octanol–water partition coefficient (Wildman–Crippen LogP) is 5.26. The quantitative estimate of drug-likeness (QED) is 0.696. The predicted molar refractivity (Wildman–Crippen MR) is 97.1 cm³/mol. The number of fused-ring (bicyclic) bond motifs is 1. The SMILES string of the molecule is Cc1cc2c(C(=O)NC(CC(C)C)c3ccccc3)cccc2o1. The van der Waals surface area contributed by atoms with Crippen LogP contribution in [0.1, 0.15) is 48.0 Å². The molecule has 3 aromatic rings. The van der Waals surface area contributed by atoms with Crippen molar-refractivity contribution < 1.29 is 9.21 Å². The van der Waals surface area contributed by atoms with E-state index >= 15 is 0 Å². The Hall–Kier alpha value is -2.55. The second-order valence-electron chi connectivity index (χ2n) is 6.64. The van der Waals surface area contributed by atoms with E-state index in [1.54, 1.807) is 0 Å². The molecule has 0 saturated heterocycles. The van der Waals surface area contributed by atoms with Gasteiger partial charge >= 0.3 is 0 Å². The molecule has 2 aromatic carbocycles. The van der Waals surface area contributed by atoms with Crippen LogP contribution in [0.25, 0.3) is 11.0 Å². The minimum absolute atomic E-state index is 0.00181. The number of benzene rings is 2. The Balaban J connectivity index is 1.90. The van der Waals surface area contributed by atoms with E-state index in [-0.39, 0.29) is 11.9 Å². The average molecular weight is 321 g/mol. The van der Waals surface area contributed by atoms with E-state index in [9.17, 15) is 4.79 Å². The number of amides is 1. The Bertz CT molecular complexity index is 833. The Morgan fingerprint density at radius 2 is 1.83 bits per heavy atom. The number of rotatable bonds is 5. The third-order valence-electron chi connectivity index (χ3n) is 4.14. The van der Waals surface area contributed by atoms with Crippen molar-refractivity contribution in [2.24, 2.45) is 5.92 Å². The zero-order chi connectivity index (χ0) is 17.1. The Morgan fingerprint density at radius 3 is 2.54 bits per heavy atom. The molecule has 24 heavy (non-hydrogen) atoms. The molecule has 0 saturated carbocycles. The molecular formula is C21H23NO2. The maximum Gasteiger partial charge on any atom is 0.252 e. The normalized spacial score (nSPS) is 12.5. The Kier molecular flexibility index (Phi) is 4.70. The molecule has 0 aliphatic heterocycles. The van der Waals surface area contributed by atoms with Crippen LogP contribution in [0, 0.1) is 12.8 Å². The fourth-order valence-electron chi connectivity index (χ4n) is 3.06. The van der Waals surface area contributed by atoms with Crippen LogP contribution >= 0.6 is 0 Å². The molecule has 3 rings (SSSR count). The van der Waals surface area contributed by atoms with E-state index in [4.69, 9.17) is 4.42 Å². The number of hydrogen-bond acceptors (Lipinski definition) is 2. The third kappa shape index (κ3) is 3.51. The van der Waals surface area contributed by atoms with Gasteiger partial charge < -0.3 is 9.73 Å². The lowest BCUT2D eigenvalue weighted by molar-refractivity contribution is 0.0933. The number of carbonyl (C=O) groups is 1. The molecular weight excluding hydrogens is 298 g/mol. The molecule has 0 fully saturated rings. The molecule has 3 heteroatoms. The van der Waals surface area contributed by atoms with Gasteiger partial charge in [-0.25, -0.2) is 0 Å². The van der Waals surface area contributed by atoms with Crippen LogP contribution in [0.2, 0.25) is 0 Å². The second-order valence-corrected chi connectivity index (χ2v) is 6.64. The van der Waals surface area contributed by atoms with Crippen LogP contribution in [0.15, 0.2) is 59.0 Å². The summed E-state index contributed by atoms with van der Waals surface area (Å²) in [6.07, 6.45) is 0.899. The van der Waals surface area contributed by atoms with Crippen LogP contribution in [0.3, 0.4) is 0 Å². The fraction of sp³-hybridized carbons (Fsp3) is 0.286. The zero-order valence-electron chi connectivity index (χ0n) is 14.4. The minimum atomic E-state index is -0.0593. The lowest BCUT2D eigenvalue weighted by Gasteiger charge is -2.21.